The number of benzene rings is 2. The predicted molar refractivity (Wildman–Crippen MR) is 83.2 cm³/mol. The van der Waals surface area contributed by atoms with Crippen molar-refractivity contribution in [1.29, 1.82) is 0 Å². The van der Waals surface area contributed by atoms with E-state index in [1.807, 2.05) is 42.5 Å². The Balaban J connectivity index is 1.91. The summed E-state index contributed by atoms with van der Waals surface area (Å²) in [5, 5.41) is 2.82. The van der Waals surface area contributed by atoms with E-state index in [4.69, 9.17) is 10.5 Å². The van der Waals surface area contributed by atoms with E-state index in [9.17, 15) is 4.79 Å². The molecule has 0 spiro atoms. The average molecular weight is 284 g/mol. The van der Waals surface area contributed by atoms with Crippen LogP contribution in [0.4, 0.5) is 0 Å². The standard InChI is InChI=1S/C17H20N2O2/c1-19-16(17(18)20)12-21-15-9-7-14(8-10-15)11-13-5-3-2-4-6-13/h2-10,16,19H,11-12H2,1H3,(H2,18,20). The minimum absolute atomic E-state index is 0.226. The highest BCUT2D eigenvalue weighted by atomic mass is 16.5. The van der Waals surface area contributed by atoms with Gasteiger partial charge in [0.2, 0.25) is 5.91 Å². The van der Waals surface area contributed by atoms with Gasteiger partial charge in [-0.1, -0.05) is 42.5 Å². The van der Waals surface area contributed by atoms with E-state index in [2.05, 4.69) is 17.4 Å². The Bertz CT molecular complexity index is 567. The number of hydrogen-bond acceptors (Lipinski definition) is 3. The molecule has 4 heteroatoms. The molecule has 0 bridgehead atoms. The number of carbonyl (C=O) groups is 1. The third-order valence-corrected chi connectivity index (χ3v) is 3.28. The molecule has 2 aromatic carbocycles. The molecule has 110 valence electrons. The Labute approximate surface area is 124 Å². The van der Waals surface area contributed by atoms with Gasteiger partial charge in [0, 0.05) is 0 Å². The molecule has 2 aromatic rings. The lowest BCUT2D eigenvalue weighted by atomic mass is 10.1. The van der Waals surface area contributed by atoms with Crippen molar-refractivity contribution in [2.45, 2.75) is 12.5 Å². The van der Waals surface area contributed by atoms with Gasteiger partial charge in [-0.3, -0.25) is 4.79 Å². The minimum atomic E-state index is -0.478. The molecule has 0 aliphatic carbocycles. The topological polar surface area (TPSA) is 64.3 Å². The van der Waals surface area contributed by atoms with Gasteiger partial charge in [0.15, 0.2) is 0 Å². The van der Waals surface area contributed by atoms with Crippen molar-refractivity contribution in [3.63, 3.8) is 0 Å². The highest BCUT2D eigenvalue weighted by Gasteiger charge is 2.12. The first kappa shape index (κ1) is 15.1. The van der Waals surface area contributed by atoms with E-state index in [-0.39, 0.29) is 6.61 Å². The van der Waals surface area contributed by atoms with Crippen molar-refractivity contribution in [2.24, 2.45) is 5.73 Å². The Hall–Kier alpha value is -2.33. The zero-order valence-electron chi connectivity index (χ0n) is 12.1. The van der Waals surface area contributed by atoms with Crippen LogP contribution in [0.25, 0.3) is 0 Å². The Morgan fingerprint density at radius 2 is 1.71 bits per heavy atom. The van der Waals surface area contributed by atoms with E-state index in [1.54, 1.807) is 7.05 Å². The van der Waals surface area contributed by atoms with Crippen LogP contribution in [0.3, 0.4) is 0 Å². The van der Waals surface area contributed by atoms with Crippen molar-refractivity contribution >= 4 is 5.91 Å². The van der Waals surface area contributed by atoms with E-state index in [0.29, 0.717) is 0 Å². The minimum Gasteiger partial charge on any atom is -0.491 e. The molecular weight excluding hydrogens is 264 g/mol. The number of primary amides is 1. The molecule has 1 unspecified atom stereocenters. The smallest absolute Gasteiger partial charge is 0.238 e. The maximum absolute atomic E-state index is 11.1. The number of nitrogens with two attached hydrogens (primary N) is 1. The molecule has 3 N–H and O–H groups in total. The van der Waals surface area contributed by atoms with E-state index >= 15 is 0 Å². The van der Waals surface area contributed by atoms with Gasteiger partial charge >= 0.3 is 0 Å². The predicted octanol–water partition coefficient (Wildman–Crippen LogP) is 1.73. The molecule has 0 heterocycles. The van der Waals surface area contributed by atoms with Gasteiger partial charge in [-0.2, -0.15) is 0 Å². The first-order chi connectivity index (χ1) is 10.2. The fourth-order valence-corrected chi connectivity index (χ4v) is 2.02. The van der Waals surface area contributed by atoms with Gasteiger partial charge < -0.3 is 15.8 Å². The first-order valence-corrected chi connectivity index (χ1v) is 6.91. The summed E-state index contributed by atoms with van der Waals surface area (Å²) in [5.74, 6) is 0.312. The third-order valence-electron chi connectivity index (χ3n) is 3.28. The number of amides is 1. The summed E-state index contributed by atoms with van der Waals surface area (Å²) in [6.07, 6.45) is 0.890. The number of nitrogens with one attached hydrogen (secondary N) is 1. The maximum Gasteiger partial charge on any atom is 0.238 e. The van der Waals surface area contributed by atoms with E-state index < -0.39 is 11.9 Å². The fourth-order valence-electron chi connectivity index (χ4n) is 2.02. The molecule has 0 saturated carbocycles. The molecule has 1 amide bonds. The first-order valence-electron chi connectivity index (χ1n) is 6.91. The van der Waals surface area contributed by atoms with Gasteiger partial charge in [0.1, 0.15) is 18.4 Å². The van der Waals surface area contributed by atoms with Crippen molar-refractivity contribution in [1.82, 2.24) is 5.32 Å². The maximum atomic E-state index is 11.1. The Morgan fingerprint density at radius 1 is 1.10 bits per heavy atom. The molecule has 1 atom stereocenters. The molecule has 2 rings (SSSR count). The summed E-state index contributed by atoms with van der Waals surface area (Å²) in [7, 11) is 1.68. The van der Waals surface area contributed by atoms with Crippen LogP contribution in [-0.2, 0) is 11.2 Å². The van der Waals surface area contributed by atoms with Crippen LogP contribution in [0, 0.1) is 0 Å². The van der Waals surface area contributed by atoms with Crippen LogP contribution in [0.2, 0.25) is 0 Å². The highest BCUT2D eigenvalue weighted by molar-refractivity contribution is 5.79. The summed E-state index contributed by atoms with van der Waals surface area (Å²) in [6, 6.07) is 17.7. The summed E-state index contributed by atoms with van der Waals surface area (Å²) in [6.45, 7) is 0.226. The Morgan fingerprint density at radius 3 is 2.29 bits per heavy atom. The van der Waals surface area contributed by atoms with Crippen LogP contribution in [0.15, 0.2) is 54.6 Å². The highest BCUT2D eigenvalue weighted by Crippen LogP contribution is 2.15. The second-order valence-corrected chi connectivity index (χ2v) is 4.86. The second kappa shape index (κ2) is 7.45. The van der Waals surface area contributed by atoms with Crippen LogP contribution in [0.5, 0.6) is 5.75 Å². The van der Waals surface area contributed by atoms with Gasteiger partial charge in [0.05, 0.1) is 0 Å². The third kappa shape index (κ3) is 4.61. The molecular formula is C17H20N2O2. The van der Waals surface area contributed by atoms with Crippen molar-refractivity contribution < 1.29 is 9.53 Å². The number of likely N-dealkylation sites (N-methyl/N-ethyl adjacent to an activating group) is 1. The van der Waals surface area contributed by atoms with Crippen LogP contribution < -0.4 is 15.8 Å². The molecule has 21 heavy (non-hydrogen) atoms. The summed E-state index contributed by atoms with van der Waals surface area (Å²) >= 11 is 0. The van der Waals surface area contributed by atoms with Crippen molar-refractivity contribution in [2.75, 3.05) is 13.7 Å². The number of rotatable bonds is 7. The second-order valence-electron chi connectivity index (χ2n) is 4.86. The van der Waals surface area contributed by atoms with Gasteiger partial charge in [-0.05, 0) is 36.7 Å². The van der Waals surface area contributed by atoms with Gasteiger partial charge in [0.25, 0.3) is 0 Å². The molecule has 0 aliphatic rings. The summed E-state index contributed by atoms with van der Waals surface area (Å²) < 4.78 is 5.56. The fraction of sp³-hybridized carbons (Fsp3) is 0.235. The molecule has 4 nitrogen and oxygen atoms in total. The quantitative estimate of drug-likeness (QED) is 0.814. The molecule has 0 aromatic heterocycles. The average Bonchev–Trinajstić information content (AvgIpc) is 2.50. The lowest BCUT2D eigenvalue weighted by Crippen LogP contribution is -2.43. The van der Waals surface area contributed by atoms with Gasteiger partial charge in [-0.15, -0.1) is 0 Å². The SMILES string of the molecule is CNC(COc1ccc(Cc2ccccc2)cc1)C(N)=O. The number of carbonyl (C=O) groups excluding carboxylic acids is 1. The van der Waals surface area contributed by atoms with Crippen LogP contribution >= 0.6 is 0 Å². The number of ether oxygens (including phenoxy) is 1. The van der Waals surface area contributed by atoms with Crippen molar-refractivity contribution in [3.8, 4) is 5.75 Å². The normalized spacial score (nSPS) is 11.9. The Kier molecular flexibility index (Phi) is 5.35. The van der Waals surface area contributed by atoms with E-state index in [0.717, 1.165) is 12.2 Å². The van der Waals surface area contributed by atoms with Gasteiger partial charge in [-0.25, -0.2) is 0 Å². The monoisotopic (exact) mass is 284 g/mol. The van der Waals surface area contributed by atoms with E-state index in [1.165, 1.54) is 11.1 Å². The summed E-state index contributed by atoms with van der Waals surface area (Å²) in [4.78, 5) is 11.1. The molecule has 0 fully saturated rings. The van der Waals surface area contributed by atoms with Crippen LogP contribution in [0.1, 0.15) is 11.1 Å². The largest absolute Gasteiger partial charge is 0.491 e. The molecule has 0 radical (unpaired) electrons. The number of hydrogen-bond donors (Lipinski definition) is 2. The molecule has 0 saturated heterocycles. The van der Waals surface area contributed by atoms with Crippen LogP contribution in [-0.4, -0.2) is 25.6 Å². The lowest BCUT2D eigenvalue weighted by Gasteiger charge is -2.13. The lowest BCUT2D eigenvalue weighted by molar-refractivity contribution is -0.120. The van der Waals surface area contributed by atoms with Crippen molar-refractivity contribution in [3.05, 3.63) is 65.7 Å². The summed E-state index contributed by atoms with van der Waals surface area (Å²) in [5.41, 5.74) is 7.73. The zero-order valence-corrected chi connectivity index (χ0v) is 12.1. The zero-order chi connectivity index (χ0) is 15.1. The molecule has 0 aliphatic heterocycles.